The van der Waals surface area contributed by atoms with Crippen LogP contribution >= 0.6 is 9.24 Å². The quantitative estimate of drug-likeness (QED) is 0.469. The Balaban J connectivity index is 1.72. The SMILES string of the molecule is CC(=O)C1CC2(CP)CCC1(C)C(OC(=O)c1ccccc1)C2OC(=O)c1ccccc1. The number of ether oxygens (including phenoxy) is 2. The molecule has 3 saturated carbocycles. The van der Waals surface area contributed by atoms with Crippen LogP contribution in [0.2, 0.25) is 0 Å². The molecule has 2 aromatic carbocycles. The van der Waals surface area contributed by atoms with Crippen molar-refractivity contribution >= 4 is 27.0 Å². The van der Waals surface area contributed by atoms with Crippen LogP contribution in [0.3, 0.4) is 0 Å². The number of rotatable bonds is 6. The summed E-state index contributed by atoms with van der Waals surface area (Å²) in [5, 5.41) is 0. The first-order chi connectivity index (χ1) is 15.3. The van der Waals surface area contributed by atoms with E-state index in [0.717, 1.165) is 12.8 Å². The molecule has 168 valence electrons. The molecule has 6 atom stereocenters. The molecule has 0 radical (unpaired) electrons. The van der Waals surface area contributed by atoms with Gasteiger partial charge in [0.15, 0.2) is 0 Å². The van der Waals surface area contributed by atoms with E-state index < -0.39 is 35.0 Å². The van der Waals surface area contributed by atoms with Gasteiger partial charge in [-0.15, -0.1) is 9.24 Å². The largest absolute Gasteiger partial charge is 0.454 e. The summed E-state index contributed by atoms with van der Waals surface area (Å²) in [5.74, 6) is -1.07. The van der Waals surface area contributed by atoms with Gasteiger partial charge >= 0.3 is 11.9 Å². The van der Waals surface area contributed by atoms with Gasteiger partial charge in [0, 0.05) is 16.7 Å². The first kappa shape index (κ1) is 22.7. The average Bonchev–Trinajstić information content (AvgIpc) is 2.82. The highest BCUT2D eigenvalue weighted by atomic mass is 31.0. The molecule has 6 heteroatoms. The van der Waals surface area contributed by atoms with E-state index in [4.69, 9.17) is 9.47 Å². The Bertz CT molecular complexity index is 1010. The molecule has 2 bridgehead atoms. The monoisotopic (exact) mass is 452 g/mol. The number of fused-ring (bicyclic) bond motifs is 3. The first-order valence-corrected chi connectivity index (χ1v) is 11.8. The van der Waals surface area contributed by atoms with Crippen LogP contribution in [0.25, 0.3) is 0 Å². The number of carbonyl (C=O) groups is 3. The van der Waals surface area contributed by atoms with Crippen LogP contribution in [0.4, 0.5) is 0 Å². The third-order valence-electron chi connectivity index (χ3n) is 7.48. The molecule has 3 aliphatic carbocycles. The molecule has 32 heavy (non-hydrogen) atoms. The van der Waals surface area contributed by atoms with Gasteiger partial charge < -0.3 is 9.47 Å². The number of esters is 2. The van der Waals surface area contributed by atoms with Crippen LogP contribution in [-0.2, 0) is 14.3 Å². The summed E-state index contributed by atoms with van der Waals surface area (Å²) in [6, 6.07) is 17.6. The normalized spacial score (nSPS) is 31.0. The minimum Gasteiger partial charge on any atom is -0.454 e. The summed E-state index contributed by atoms with van der Waals surface area (Å²) in [6.07, 6.45) is 1.48. The zero-order chi connectivity index (χ0) is 22.9. The molecule has 0 saturated heterocycles. The van der Waals surface area contributed by atoms with E-state index in [2.05, 4.69) is 9.24 Å². The molecule has 3 fully saturated rings. The molecule has 0 amide bonds. The number of benzene rings is 2. The summed E-state index contributed by atoms with van der Waals surface area (Å²) >= 11 is 0. The van der Waals surface area contributed by atoms with Gasteiger partial charge in [0.05, 0.1) is 11.1 Å². The van der Waals surface area contributed by atoms with Gasteiger partial charge in [-0.1, -0.05) is 43.3 Å². The Hall–Kier alpha value is -2.52. The number of carbonyl (C=O) groups excluding carboxylic acids is 3. The van der Waals surface area contributed by atoms with Gasteiger partial charge in [-0.3, -0.25) is 4.79 Å². The van der Waals surface area contributed by atoms with Crippen molar-refractivity contribution < 1.29 is 23.9 Å². The minimum absolute atomic E-state index is 0.0867. The summed E-state index contributed by atoms with van der Waals surface area (Å²) in [7, 11) is 2.76. The van der Waals surface area contributed by atoms with Gasteiger partial charge in [-0.2, -0.15) is 0 Å². The van der Waals surface area contributed by atoms with Crippen LogP contribution in [0.1, 0.15) is 53.8 Å². The maximum atomic E-state index is 13.0. The Kier molecular flexibility index (Phi) is 6.22. The Morgan fingerprint density at radius 1 is 0.875 bits per heavy atom. The van der Waals surface area contributed by atoms with Gasteiger partial charge in [-0.05, 0) is 56.6 Å². The fourth-order valence-electron chi connectivity index (χ4n) is 5.51. The molecule has 6 unspecified atom stereocenters. The maximum absolute atomic E-state index is 13.0. The maximum Gasteiger partial charge on any atom is 0.338 e. The minimum atomic E-state index is -0.709. The van der Waals surface area contributed by atoms with E-state index in [1.165, 1.54) is 0 Å². The fourth-order valence-corrected chi connectivity index (χ4v) is 6.11. The van der Waals surface area contributed by atoms with Gasteiger partial charge in [0.25, 0.3) is 0 Å². The lowest BCUT2D eigenvalue weighted by Gasteiger charge is -2.62. The zero-order valence-electron chi connectivity index (χ0n) is 18.5. The van der Waals surface area contributed by atoms with Crippen LogP contribution < -0.4 is 0 Å². The van der Waals surface area contributed by atoms with Crippen molar-refractivity contribution in [3.05, 3.63) is 71.8 Å². The third-order valence-corrected chi connectivity index (χ3v) is 8.29. The van der Waals surface area contributed by atoms with Crippen molar-refractivity contribution in [3.8, 4) is 0 Å². The summed E-state index contributed by atoms with van der Waals surface area (Å²) < 4.78 is 12.2. The van der Waals surface area contributed by atoms with E-state index in [1.54, 1.807) is 55.5 Å². The molecule has 0 heterocycles. The van der Waals surface area contributed by atoms with E-state index in [9.17, 15) is 14.4 Å². The average molecular weight is 452 g/mol. The summed E-state index contributed by atoms with van der Waals surface area (Å²) in [5.41, 5.74) is -0.149. The lowest BCUT2D eigenvalue weighted by Crippen LogP contribution is -2.67. The molecule has 5 rings (SSSR count). The molecular formula is C26H29O5P. The predicted octanol–water partition coefficient (Wildman–Crippen LogP) is 4.71. The smallest absolute Gasteiger partial charge is 0.338 e. The number of hydrogen-bond donors (Lipinski definition) is 0. The lowest BCUT2D eigenvalue weighted by molar-refractivity contribution is -0.213. The molecule has 0 spiro atoms. The van der Waals surface area contributed by atoms with Crippen molar-refractivity contribution in [2.45, 2.75) is 45.3 Å². The molecule has 0 aliphatic heterocycles. The van der Waals surface area contributed by atoms with E-state index in [1.807, 2.05) is 19.1 Å². The molecule has 5 nitrogen and oxygen atoms in total. The van der Waals surface area contributed by atoms with Crippen molar-refractivity contribution in [3.63, 3.8) is 0 Å². The van der Waals surface area contributed by atoms with Gasteiger partial charge in [-0.25, -0.2) is 9.59 Å². The highest BCUT2D eigenvalue weighted by Crippen LogP contribution is 2.62. The van der Waals surface area contributed by atoms with E-state index >= 15 is 0 Å². The lowest BCUT2D eigenvalue weighted by atomic mass is 9.47. The molecule has 0 N–H and O–H groups in total. The Morgan fingerprint density at radius 2 is 1.38 bits per heavy atom. The second-order valence-corrected chi connectivity index (χ2v) is 9.73. The zero-order valence-corrected chi connectivity index (χ0v) is 19.6. The predicted molar refractivity (Wildman–Crippen MR) is 124 cm³/mol. The van der Waals surface area contributed by atoms with Crippen LogP contribution in [0.15, 0.2) is 60.7 Å². The van der Waals surface area contributed by atoms with E-state index in [0.29, 0.717) is 23.7 Å². The van der Waals surface area contributed by atoms with Crippen LogP contribution in [0.5, 0.6) is 0 Å². The summed E-state index contributed by atoms with van der Waals surface area (Å²) in [6.45, 7) is 3.60. The van der Waals surface area contributed by atoms with Crippen molar-refractivity contribution in [1.82, 2.24) is 0 Å². The number of ketones is 1. The number of hydrogen-bond acceptors (Lipinski definition) is 5. The third kappa shape index (κ3) is 3.88. The van der Waals surface area contributed by atoms with Gasteiger partial charge in [0.1, 0.15) is 18.0 Å². The standard InChI is InChI=1S/C26H29O5P/c1-17(27)20-15-26(16-32)14-13-25(20,2)21(30-23(28)18-9-5-3-6-10-18)22(26)31-24(29)19-11-7-4-8-12-19/h3-12,20-22H,13-16,32H2,1-2H3. The second kappa shape index (κ2) is 8.78. The highest BCUT2D eigenvalue weighted by molar-refractivity contribution is 7.16. The Morgan fingerprint density at radius 3 is 1.84 bits per heavy atom. The fraction of sp³-hybridized carbons (Fsp3) is 0.423. The first-order valence-electron chi connectivity index (χ1n) is 11.0. The van der Waals surface area contributed by atoms with Crippen LogP contribution in [0, 0.1) is 16.7 Å². The molecule has 3 aliphatic rings. The van der Waals surface area contributed by atoms with E-state index in [-0.39, 0.29) is 11.7 Å². The number of Topliss-reactive ketones (excluding diaryl/α,β-unsaturated/α-hetero) is 1. The van der Waals surface area contributed by atoms with Crippen molar-refractivity contribution in [2.24, 2.45) is 16.7 Å². The highest BCUT2D eigenvalue weighted by Gasteiger charge is 2.66. The molecule has 2 aromatic rings. The molecular weight excluding hydrogens is 423 g/mol. The van der Waals surface area contributed by atoms with Gasteiger partial charge in [0.2, 0.25) is 0 Å². The topological polar surface area (TPSA) is 69.7 Å². The Labute approximate surface area is 191 Å². The second-order valence-electron chi connectivity index (χ2n) is 9.32. The van der Waals surface area contributed by atoms with Crippen molar-refractivity contribution in [1.29, 1.82) is 0 Å². The molecule has 0 aromatic heterocycles. The van der Waals surface area contributed by atoms with Crippen LogP contribution in [-0.4, -0.2) is 36.1 Å². The van der Waals surface area contributed by atoms with Crippen molar-refractivity contribution in [2.75, 3.05) is 6.16 Å². The summed E-state index contributed by atoms with van der Waals surface area (Å²) in [4.78, 5) is 38.7.